The number of piperazine rings is 1. The minimum absolute atomic E-state index is 0. The van der Waals surface area contributed by atoms with Crippen LogP contribution in [0.2, 0.25) is 0 Å². The molecule has 0 bridgehead atoms. The van der Waals surface area contributed by atoms with E-state index in [0.717, 1.165) is 42.9 Å². The second kappa shape index (κ2) is 9.55. The zero-order valence-electron chi connectivity index (χ0n) is 20.0. The predicted octanol–water partition coefficient (Wildman–Crippen LogP) is 4.09. The quantitative estimate of drug-likeness (QED) is 0.501. The van der Waals surface area contributed by atoms with E-state index in [1.54, 1.807) is 4.90 Å². The molecule has 0 atom stereocenters. The third kappa shape index (κ3) is 5.36. The number of carbonyl (C=O) groups is 1. The Morgan fingerprint density at radius 1 is 1.08 bits per heavy atom. The smallest absolute Gasteiger partial charge is 0.406 e. The average Bonchev–Trinajstić information content (AvgIpc) is 3.40. The predicted molar refractivity (Wildman–Crippen MR) is 126 cm³/mol. The summed E-state index contributed by atoms with van der Waals surface area (Å²) < 4.78 is 46.6. The number of alkyl halides is 3. The summed E-state index contributed by atoms with van der Waals surface area (Å²) in [6.07, 6.45) is -4.74. The largest absolute Gasteiger partial charge is 0.573 e. The van der Waals surface area contributed by atoms with Crippen LogP contribution in [0.15, 0.2) is 40.9 Å². The molecule has 0 spiro atoms. The van der Waals surface area contributed by atoms with E-state index in [0.29, 0.717) is 35.9 Å². The van der Waals surface area contributed by atoms with E-state index in [9.17, 15) is 18.0 Å². The first-order valence-electron chi connectivity index (χ1n) is 11.7. The maximum atomic E-state index is 13.1. The average molecular weight is 505 g/mol. The Morgan fingerprint density at radius 3 is 2.50 bits per heavy atom. The molecule has 0 N–H and O–H groups in total. The fraction of sp³-hybridized carbons (Fsp3) is 0.400. The number of ether oxygens (including phenoxy) is 1. The molecule has 0 aliphatic carbocycles. The first kappa shape index (κ1) is 24.3. The molecule has 192 valence electrons. The molecule has 2 aromatic carbocycles. The summed E-state index contributed by atoms with van der Waals surface area (Å²) in [7, 11) is 2.11. The molecule has 2 aliphatic rings. The molecule has 0 unspecified atom stereocenters. The number of aryl methyl sites for hydroxylation is 1. The molecule has 1 saturated heterocycles. The van der Waals surface area contributed by atoms with E-state index < -0.39 is 6.36 Å². The molecule has 3 heterocycles. The summed E-state index contributed by atoms with van der Waals surface area (Å²) >= 11 is 0. The van der Waals surface area contributed by atoms with Gasteiger partial charge in [0.15, 0.2) is 5.82 Å². The van der Waals surface area contributed by atoms with Gasteiger partial charge in [-0.1, -0.05) is 17.3 Å². The van der Waals surface area contributed by atoms with Crippen LogP contribution >= 0.6 is 0 Å². The van der Waals surface area contributed by atoms with Gasteiger partial charge in [-0.15, -0.1) is 13.2 Å². The van der Waals surface area contributed by atoms with Gasteiger partial charge in [-0.3, -0.25) is 9.69 Å². The summed E-state index contributed by atoms with van der Waals surface area (Å²) in [4.78, 5) is 23.9. The van der Waals surface area contributed by atoms with Crippen LogP contribution in [0.5, 0.6) is 5.75 Å². The first-order chi connectivity index (χ1) is 17.1. The molecule has 8 nitrogen and oxygen atoms in total. The van der Waals surface area contributed by atoms with E-state index in [2.05, 4.69) is 31.7 Å². The van der Waals surface area contributed by atoms with Gasteiger partial charge in [0.1, 0.15) is 5.75 Å². The number of hydrogen-bond donors (Lipinski definition) is 0. The number of rotatable bonds is 6. The van der Waals surface area contributed by atoms with E-state index in [4.69, 9.17) is 4.52 Å². The lowest BCUT2D eigenvalue weighted by Gasteiger charge is -2.31. The molecule has 0 radical (unpaired) electrons. The number of aromatic nitrogens is 2. The van der Waals surface area contributed by atoms with Crippen LogP contribution in [-0.4, -0.2) is 70.3 Å². The fourth-order valence-corrected chi connectivity index (χ4v) is 4.64. The van der Waals surface area contributed by atoms with Gasteiger partial charge < -0.3 is 19.1 Å². The van der Waals surface area contributed by atoms with Crippen molar-refractivity contribution in [2.45, 2.75) is 32.9 Å². The van der Waals surface area contributed by atoms with E-state index in [-0.39, 0.29) is 19.6 Å². The van der Waals surface area contributed by atoms with Crippen molar-refractivity contribution in [2.24, 2.45) is 0 Å². The lowest BCUT2D eigenvalue weighted by molar-refractivity contribution is -0.274. The molecule has 11 heteroatoms. The zero-order valence-corrected chi connectivity index (χ0v) is 20.0. The molecular weight excluding hydrogens is 475 g/mol. The highest BCUT2D eigenvalue weighted by Gasteiger charge is 2.32. The molecule has 0 saturated carbocycles. The van der Waals surface area contributed by atoms with Crippen LogP contribution in [0.25, 0.3) is 11.5 Å². The van der Waals surface area contributed by atoms with E-state index in [1.807, 2.05) is 19.1 Å². The van der Waals surface area contributed by atoms with Crippen molar-refractivity contribution < 1.29 is 28.7 Å². The van der Waals surface area contributed by atoms with Crippen molar-refractivity contribution in [1.29, 1.82) is 0 Å². The van der Waals surface area contributed by atoms with Crippen LogP contribution in [-0.2, 0) is 19.6 Å². The van der Waals surface area contributed by atoms with Crippen molar-refractivity contribution >= 4 is 5.91 Å². The maximum absolute atomic E-state index is 13.1. The van der Waals surface area contributed by atoms with Crippen LogP contribution in [0.4, 0.5) is 13.2 Å². The topological polar surface area (TPSA) is 74.9 Å². The monoisotopic (exact) mass is 504 g/mol. The van der Waals surface area contributed by atoms with Crippen LogP contribution in [0, 0.1) is 6.92 Å². The van der Waals surface area contributed by atoms with Gasteiger partial charge >= 0.3 is 6.36 Å². The highest BCUT2D eigenvalue weighted by Crippen LogP contribution is 2.32. The van der Waals surface area contributed by atoms with Gasteiger partial charge in [0, 0.05) is 51.8 Å². The number of fused-ring (bicyclic) bond motifs is 1. The summed E-state index contributed by atoms with van der Waals surface area (Å²) in [5, 5.41) is 4.14. The van der Waals surface area contributed by atoms with Gasteiger partial charge in [-0.05, 0) is 54.9 Å². The Balaban J connectivity index is 0.00000320. The lowest BCUT2D eigenvalue weighted by atomic mass is 10.0. The Kier molecular flexibility index (Phi) is 6.44. The van der Waals surface area contributed by atoms with E-state index in [1.165, 1.54) is 24.3 Å². The molecule has 2 aliphatic heterocycles. The number of halogens is 3. The minimum atomic E-state index is -4.74. The number of benzene rings is 2. The van der Waals surface area contributed by atoms with Gasteiger partial charge in [0.05, 0.1) is 6.54 Å². The van der Waals surface area contributed by atoms with Gasteiger partial charge in [-0.25, -0.2) is 0 Å². The SMILES string of the molecule is Cc1cc(-c2nc(CN3CCN(C)CC3)no2)cc2c1C(=O)N(Cc1ccc(OC(F)(F)F)cc1)C2.[2HH]. The van der Waals surface area contributed by atoms with Crippen molar-refractivity contribution in [3.63, 3.8) is 0 Å². The van der Waals surface area contributed by atoms with Crippen molar-refractivity contribution in [1.82, 2.24) is 24.8 Å². The van der Waals surface area contributed by atoms with Crippen molar-refractivity contribution in [3.8, 4) is 17.2 Å². The molecule has 5 rings (SSSR count). The Labute approximate surface area is 207 Å². The standard InChI is InChI=1S/C25H26F3N5O3.H2/c1-16-11-18(23-29-21(30-36-23)15-32-9-7-31(2)8-10-32)12-19-14-33(24(34)22(16)19)13-17-3-5-20(6-4-17)35-25(26,27)28;/h3-6,11-12H,7-10,13-15H2,1-2H3;1H/i;1+1. The Morgan fingerprint density at radius 2 is 1.81 bits per heavy atom. The second-order valence-electron chi connectivity index (χ2n) is 9.28. The summed E-state index contributed by atoms with van der Waals surface area (Å²) in [6, 6.07) is 9.31. The highest BCUT2D eigenvalue weighted by atomic mass is 19.4. The van der Waals surface area contributed by atoms with Crippen molar-refractivity contribution in [3.05, 3.63) is 64.5 Å². The Hall–Kier alpha value is -3.44. The molecule has 3 aromatic rings. The van der Waals surface area contributed by atoms with Crippen LogP contribution in [0.1, 0.15) is 34.3 Å². The summed E-state index contributed by atoms with van der Waals surface area (Å²) in [5.41, 5.74) is 3.75. The lowest BCUT2D eigenvalue weighted by Crippen LogP contribution is -2.44. The highest BCUT2D eigenvalue weighted by molar-refractivity contribution is 6.00. The Bertz CT molecular complexity index is 1260. The van der Waals surface area contributed by atoms with Gasteiger partial charge in [-0.2, -0.15) is 4.98 Å². The second-order valence-corrected chi connectivity index (χ2v) is 9.28. The van der Waals surface area contributed by atoms with Gasteiger partial charge in [0.25, 0.3) is 11.8 Å². The number of carbonyl (C=O) groups excluding carboxylic acids is 1. The maximum Gasteiger partial charge on any atom is 0.573 e. The molecule has 36 heavy (non-hydrogen) atoms. The summed E-state index contributed by atoms with van der Waals surface area (Å²) in [6.45, 7) is 7.06. The third-order valence-electron chi connectivity index (χ3n) is 6.49. The minimum Gasteiger partial charge on any atom is -0.406 e. The van der Waals surface area contributed by atoms with Crippen LogP contribution in [0.3, 0.4) is 0 Å². The molecule has 1 fully saturated rings. The number of hydrogen-bond acceptors (Lipinski definition) is 7. The number of likely N-dealkylation sites (N-methyl/N-ethyl adjacent to an activating group) is 1. The first-order valence-corrected chi connectivity index (χ1v) is 11.7. The third-order valence-corrected chi connectivity index (χ3v) is 6.49. The van der Waals surface area contributed by atoms with Gasteiger partial charge in [0.2, 0.25) is 0 Å². The van der Waals surface area contributed by atoms with E-state index >= 15 is 0 Å². The molecule has 1 aromatic heterocycles. The normalized spacial score (nSPS) is 17.0. The zero-order chi connectivity index (χ0) is 25.4. The number of amides is 1. The fourth-order valence-electron chi connectivity index (χ4n) is 4.64. The van der Waals surface area contributed by atoms with Crippen LogP contribution < -0.4 is 4.74 Å². The number of nitrogens with zero attached hydrogens (tertiary/aromatic N) is 5. The molecular formula is C25H28F3N5O3. The summed E-state index contributed by atoms with van der Waals surface area (Å²) in [5.74, 6) is 0.625. The molecule has 1 amide bonds. The van der Waals surface area contributed by atoms with Crippen molar-refractivity contribution in [2.75, 3.05) is 33.2 Å².